The van der Waals surface area contributed by atoms with E-state index in [1.807, 2.05) is 5.40 Å². The summed E-state index contributed by atoms with van der Waals surface area (Å²) in [5.74, 6) is -0.0871. The van der Waals surface area contributed by atoms with E-state index in [4.69, 9.17) is 22.6 Å². The summed E-state index contributed by atoms with van der Waals surface area (Å²) < 4.78 is 0. The topological polar surface area (TPSA) is 90.3 Å². The van der Waals surface area contributed by atoms with E-state index in [0.717, 1.165) is 11.8 Å². The first-order chi connectivity index (χ1) is 7.60. The van der Waals surface area contributed by atoms with Gasteiger partial charge in [0, 0.05) is 16.1 Å². The maximum absolute atomic E-state index is 9.76. The molecule has 0 saturated carbocycles. The van der Waals surface area contributed by atoms with E-state index in [1.54, 1.807) is 18.2 Å². The molecule has 4 N–H and O–H groups in total. The highest BCUT2D eigenvalue weighted by Crippen LogP contribution is 2.28. The lowest BCUT2D eigenvalue weighted by molar-refractivity contribution is 0.0330. The highest BCUT2D eigenvalue weighted by Gasteiger charge is 2.20. The van der Waals surface area contributed by atoms with Crippen LogP contribution in [0.4, 0.5) is 5.69 Å². The number of benzene rings is 1. The third-order valence-electron chi connectivity index (χ3n) is 2.06. The van der Waals surface area contributed by atoms with Gasteiger partial charge in [-0.3, -0.25) is 0 Å². The van der Waals surface area contributed by atoms with Crippen molar-refractivity contribution in [3.63, 3.8) is 0 Å². The SMILES string of the molecule is N#CSc1ccc(N)c(C(O)C(O)CCl)c1. The number of alkyl halides is 1. The lowest BCUT2D eigenvalue weighted by atomic mass is 10.0. The van der Waals surface area contributed by atoms with Crippen LogP contribution in [0.2, 0.25) is 0 Å². The van der Waals surface area contributed by atoms with Crippen LogP contribution < -0.4 is 5.73 Å². The molecular formula is C10H11ClN2O2S. The van der Waals surface area contributed by atoms with Crippen LogP contribution in [-0.2, 0) is 0 Å². The van der Waals surface area contributed by atoms with Gasteiger partial charge in [0.2, 0.25) is 0 Å². The zero-order valence-corrected chi connectivity index (χ0v) is 9.87. The third kappa shape index (κ3) is 3.03. The first-order valence-corrected chi connectivity index (χ1v) is 5.82. The Bertz CT molecular complexity index is 408. The average Bonchev–Trinajstić information content (AvgIpc) is 2.30. The highest BCUT2D eigenvalue weighted by atomic mass is 35.5. The molecule has 1 aromatic carbocycles. The zero-order chi connectivity index (χ0) is 12.1. The molecule has 0 heterocycles. The Kier molecular flexibility index (Phi) is 4.90. The van der Waals surface area contributed by atoms with Crippen LogP contribution in [-0.4, -0.2) is 22.2 Å². The summed E-state index contributed by atoms with van der Waals surface area (Å²) in [6.07, 6.45) is -2.22. The Morgan fingerprint density at radius 2 is 2.19 bits per heavy atom. The molecule has 0 aliphatic heterocycles. The number of anilines is 1. The summed E-state index contributed by atoms with van der Waals surface area (Å²) in [5.41, 5.74) is 6.42. The molecule has 6 heteroatoms. The van der Waals surface area contributed by atoms with Gasteiger partial charge >= 0.3 is 0 Å². The van der Waals surface area contributed by atoms with Gasteiger partial charge < -0.3 is 15.9 Å². The fourth-order valence-electron chi connectivity index (χ4n) is 1.22. The summed E-state index contributed by atoms with van der Waals surface area (Å²) in [7, 11) is 0. The molecular weight excluding hydrogens is 248 g/mol. The molecule has 0 radical (unpaired) electrons. The van der Waals surface area contributed by atoms with Gasteiger partial charge in [0.1, 0.15) is 11.5 Å². The number of hydrogen-bond donors (Lipinski definition) is 3. The van der Waals surface area contributed by atoms with Gasteiger partial charge in [0.25, 0.3) is 0 Å². The van der Waals surface area contributed by atoms with E-state index < -0.39 is 12.2 Å². The number of nitrogens with two attached hydrogens (primary N) is 1. The minimum atomic E-state index is -1.14. The number of thiocyanates is 1. The summed E-state index contributed by atoms with van der Waals surface area (Å²) in [6.45, 7) is 0. The fraction of sp³-hybridized carbons (Fsp3) is 0.300. The molecule has 86 valence electrons. The van der Waals surface area contributed by atoms with Crippen LogP contribution in [0.25, 0.3) is 0 Å². The smallest absolute Gasteiger partial charge is 0.138 e. The van der Waals surface area contributed by atoms with E-state index in [9.17, 15) is 10.2 Å². The molecule has 4 nitrogen and oxygen atoms in total. The number of thioether (sulfide) groups is 1. The van der Waals surface area contributed by atoms with Crippen molar-refractivity contribution in [1.29, 1.82) is 5.26 Å². The van der Waals surface area contributed by atoms with Crippen LogP contribution >= 0.6 is 23.4 Å². The van der Waals surface area contributed by atoms with Crippen molar-refractivity contribution in [2.75, 3.05) is 11.6 Å². The Hall–Kier alpha value is -0.930. The molecule has 2 unspecified atom stereocenters. The fourth-order valence-corrected chi connectivity index (χ4v) is 1.81. The first-order valence-electron chi connectivity index (χ1n) is 4.47. The van der Waals surface area contributed by atoms with Gasteiger partial charge in [-0.25, -0.2) is 0 Å². The molecule has 1 aromatic rings. The molecule has 0 bridgehead atoms. The van der Waals surface area contributed by atoms with Crippen LogP contribution in [0, 0.1) is 10.7 Å². The lowest BCUT2D eigenvalue weighted by Crippen LogP contribution is -2.20. The number of nitrogens with zero attached hydrogens (tertiary/aromatic N) is 1. The Morgan fingerprint density at radius 1 is 1.50 bits per heavy atom. The molecule has 0 fully saturated rings. The number of halogens is 1. The predicted molar refractivity (Wildman–Crippen MR) is 64.0 cm³/mol. The van der Waals surface area contributed by atoms with Crippen molar-refractivity contribution < 1.29 is 10.2 Å². The maximum Gasteiger partial charge on any atom is 0.138 e. The van der Waals surface area contributed by atoms with E-state index in [1.165, 1.54) is 0 Å². The molecule has 0 saturated heterocycles. The second kappa shape index (κ2) is 5.97. The second-order valence-electron chi connectivity index (χ2n) is 3.15. The Labute approximate surface area is 103 Å². The number of hydrogen-bond acceptors (Lipinski definition) is 5. The van der Waals surface area contributed by atoms with Crippen molar-refractivity contribution in [3.05, 3.63) is 23.8 Å². The van der Waals surface area contributed by atoms with E-state index >= 15 is 0 Å². The van der Waals surface area contributed by atoms with Crippen molar-refractivity contribution >= 4 is 29.1 Å². The minimum absolute atomic E-state index is 0.0871. The Morgan fingerprint density at radius 3 is 2.75 bits per heavy atom. The molecule has 0 aliphatic rings. The average molecular weight is 259 g/mol. The zero-order valence-electron chi connectivity index (χ0n) is 8.30. The predicted octanol–water partition coefficient (Wildman–Crippen LogP) is 1.48. The van der Waals surface area contributed by atoms with Crippen molar-refractivity contribution in [2.45, 2.75) is 17.1 Å². The van der Waals surface area contributed by atoms with Crippen LogP contribution in [0.5, 0.6) is 0 Å². The van der Waals surface area contributed by atoms with Gasteiger partial charge in [-0.15, -0.1) is 11.6 Å². The molecule has 2 atom stereocenters. The van der Waals surface area contributed by atoms with Gasteiger partial charge in [-0.05, 0) is 30.0 Å². The van der Waals surface area contributed by atoms with E-state index in [0.29, 0.717) is 16.1 Å². The largest absolute Gasteiger partial charge is 0.398 e. The number of aliphatic hydroxyl groups excluding tert-OH is 2. The van der Waals surface area contributed by atoms with Crippen molar-refractivity contribution in [2.24, 2.45) is 0 Å². The molecule has 0 aliphatic carbocycles. The van der Waals surface area contributed by atoms with Gasteiger partial charge in [-0.2, -0.15) is 5.26 Å². The molecule has 16 heavy (non-hydrogen) atoms. The quantitative estimate of drug-likeness (QED) is 0.329. The van der Waals surface area contributed by atoms with Gasteiger partial charge in [0.05, 0.1) is 12.0 Å². The minimum Gasteiger partial charge on any atom is -0.398 e. The normalized spacial score (nSPS) is 14.1. The molecule has 0 aromatic heterocycles. The van der Waals surface area contributed by atoms with Crippen LogP contribution in [0.3, 0.4) is 0 Å². The number of rotatable bonds is 4. The molecule has 0 spiro atoms. The lowest BCUT2D eigenvalue weighted by Gasteiger charge is -2.18. The molecule has 1 rings (SSSR count). The van der Waals surface area contributed by atoms with Crippen molar-refractivity contribution in [3.8, 4) is 5.40 Å². The van der Waals surface area contributed by atoms with E-state index in [-0.39, 0.29) is 5.88 Å². The first kappa shape index (κ1) is 13.1. The summed E-state index contributed by atoms with van der Waals surface area (Å²) >= 11 is 6.40. The Balaban J connectivity index is 3.02. The maximum atomic E-state index is 9.76. The van der Waals surface area contributed by atoms with Crippen LogP contribution in [0.15, 0.2) is 23.1 Å². The number of nitriles is 1. The monoisotopic (exact) mass is 258 g/mol. The number of nitrogen functional groups attached to an aromatic ring is 1. The highest BCUT2D eigenvalue weighted by molar-refractivity contribution is 8.03. The molecule has 0 amide bonds. The van der Waals surface area contributed by atoms with Gasteiger partial charge in [-0.1, -0.05) is 0 Å². The number of aliphatic hydroxyl groups is 2. The van der Waals surface area contributed by atoms with E-state index in [2.05, 4.69) is 0 Å². The van der Waals surface area contributed by atoms with Gasteiger partial charge in [0.15, 0.2) is 0 Å². The summed E-state index contributed by atoms with van der Waals surface area (Å²) in [6, 6.07) is 4.83. The summed E-state index contributed by atoms with van der Waals surface area (Å²) in [5, 5.41) is 29.6. The second-order valence-corrected chi connectivity index (χ2v) is 4.32. The van der Waals surface area contributed by atoms with Crippen molar-refractivity contribution in [1.82, 2.24) is 0 Å². The van der Waals surface area contributed by atoms with Crippen LogP contribution in [0.1, 0.15) is 11.7 Å². The third-order valence-corrected chi connectivity index (χ3v) is 2.96. The standard InChI is InChI=1S/C10H11ClN2O2S/c11-4-9(14)10(15)7-3-6(16-5-12)1-2-8(7)13/h1-3,9-10,14-15H,4,13H2. The summed E-state index contributed by atoms with van der Waals surface area (Å²) in [4.78, 5) is 0.660.